The van der Waals surface area contributed by atoms with Gasteiger partial charge in [0.2, 0.25) is 0 Å². The van der Waals surface area contributed by atoms with Gasteiger partial charge in [-0.1, -0.05) is 6.92 Å². The normalized spacial score (nSPS) is 9.80. The van der Waals surface area contributed by atoms with Crippen molar-refractivity contribution < 1.29 is 0 Å². The molecule has 1 aromatic heterocycles. The van der Waals surface area contributed by atoms with Crippen LogP contribution in [0.5, 0.6) is 0 Å². The van der Waals surface area contributed by atoms with Crippen molar-refractivity contribution in [3.63, 3.8) is 0 Å². The van der Waals surface area contributed by atoms with E-state index in [0.29, 0.717) is 0 Å². The summed E-state index contributed by atoms with van der Waals surface area (Å²) in [5.74, 6) is 1.13. The Hall–Kier alpha value is -0.500. The molecule has 10 heavy (non-hydrogen) atoms. The Morgan fingerprint density at radius 1 is 1.60 bits per heavy atom. The van der Waals surface area contributed by atoms with Crippen LogP contribution in [0.15, 0.2) is 23.2 Å². The van der Waals surface area contributed by atoms with Crippen molar-refractivity contribution in [2.75, 3.05) is 5.75 Å². The van der Waals surface area contributed by atoms with Gasteiger partial charge < -0.3 is 0 Å². The quantitative estimate of drug-likeness (QED) is 0.605. The first-order valence-corrected chi connectivity index (χ1v) is 4.37. The Morgan fingerprint density at radius 3 is 3.00 bits per heavy atom. The SMILES string of the molecule is CCSc1ccnc(C)c1. The first-order chi connectivity index (χ1) is 4.83. The van der Waals surface area contributed by atoms with Crippen molar-refractivity contribution in [3.8, 4) is 0 Å². The smallest absolute Gasteiger partial charge is 0.0383 e. The summed E-state index contributed by atoms with van der Waals surface area (Å²) in [4.78, 5) is 5.42. The molecule has 1 heterocycles. The van der Waals surface area contributed by atoms with Gasteiger partial charge in [-0.3, -0.25) is 4.98 Å². The molecule has 0 radical (unpaired) electrons. The van der Waals surface area contributed by atoms with Gasteiger partial charge in [0, 0.05) is 16.8 Å². The number of pyridine rings is 1. The molecule has 0 aromatic carbocycles. The molecule has 0 saturated heterocycles. The molecular formula is C8H11NS. The summed E-state index contributed by atoms with van der Waals surface area (Å²) in [6.45, 7) is 4.17. The van der Waals surface area contributed by atoms with E-state index in [4.69, 9.17) is 0 Å². The fourth-order valence-electron chi connectivity index (χ4n) is 0.776. The van der Waals surface area contributed by atoms with Crippen molar-refractivity contribution >= 4 is 11.8 Å². The number of hydrogen-bond donors (Lipinski definition) is 0. The predicted molar refractivity (Wildman–Crippen MR) is 45.4 cm³/mol. The van der Waals surface area contributed by atoms with Crippen molar-refractivity contribution in [1.82, 2.24) is 4.98 Å². The number of thioether (sulfide) groups is 1. The second kappa shape index (κ2) is 3.62. The van der Waals surface area contributed by atoms with Crippen LogP contribution >= 0.6 is 11.8 Å². The highest BCUT2D eigenvalue weighted by molar-refractivity contribution is 7.99. The lowest BCUT2D eigenvalue weighted by Gasteiger charge is -1.96. The van der Waals surface area contributed by atoms with Gasteiger partial charge in [0.25, 0.3) is 0 Å². The van der Waals surface area contributed by atoms with Gasteiger partial charge >= 0.3 is 0 Å². The summed E-state index contributed by atoms with van der Waals surface area (Å²) in [7, 11) is 0. The van der Waals surface area contributed by atoms with E-state index in [-0.39, 0.29) is 0 Å². The molecule has 0 fully saturated rings. The summed E-state index contributed by atoms with van der Waals surface area (Å²) in [5, 5.41) is 0. The molecule has 1 aromatic rings. The second-order valence-corrected chi connectivity index (χ2v) is 3.40. The third kappa shape index (κ3) is 2.03. The third-order valence-corrected chi connectivity index (χ3v) is 2.06. The minimum atomic E-state index is 1.10. The van der Waals surface area contributed by atoms with E-state index in [2.05, 4.69) is 18.0 Å². The fraction of sp³-hybridized carbons (Fsp3) is 0.375. The summed E-state index contributed by atoms with van der Waals surface area (Å²) >= 11 is 1.85. The Bertz CT molecular complexity index is 210. The van der Waals surface area contributed by atoms with Gasteiger partial charge in [-0.05, 0) is 24.8 Å². The minimum Gasteiger partial charge on any atom is -0.262 e. The first kappa shape index (κ1) is 7.61. The van der Waals surface area contributed by atoms with Gasteiger partial charge in [0.1, 0.15) is 0 Å². The van der Waals surface area contributed by atoms with Crippen LogP contribution < -0.4 is 0 Å². The molecule has 2 heteroatoms. The Labute approximate surface area is 65.9 Å². The number of aryl methyl sites for hydroxylation is 1. The number of rotatable bonds is 2. The average molecular weight is 153 g/mol. The van der Waals surface area contributed by atoms with E-state index in [9.17, 15) is 0 Å². The van der Waals surface area contributed by atoms with Crippen LogP contribution in [0.4, 0.5) is 0 Å². The van der Waals surface area contributed by atoms with Gasteiger partial charge in [-0.25, -0.2) is 0 Å². The first-order valence-electron chi connectivity index (χ1n) is 3.38. The number of aromatic nitrogens is 1. The molecule has 0 bridgehead atoms. The fourth-order valence-corrected chi connectivity index (χ4v) is 1.52. The van der Waals surface area contributed by atoms with E-state index in [0.717, 1.165) is 11.4 Å². The number of nitrogens with zero attached hydrogens (tertiary/aromatic N) is 1. The van der Waals surface area contributed by atoms with E-state index in [1.54, 1.807) is 0 Å². The molecule has 1 rings (SSSR count). The molecule has 0 spiro atoms. The van der Waals surface area contributed by atoms with Crippen LogP contribution in [0.2, 0.25) is 0 Å². The van der Waals surface area contributed by atoms with Crippen LogP contribution in [-0.4, -0.2) is 10.7 Å². The molecule has 0 saturated carbocycles. The second-order valence-electron chi connectivity index (χ2n) is 2.07. The van der Waals surface area contributed by atoms with E-state index in [1.165, 1.54) is 4.90 Å². The highest BCUT2D eigenvalue weighted by Gasteiger charge is 1.90. The lowest BCUT2D eigenvalue weighted by atomic mass is 10.4. The van der Waals surface area contributed by atoms with E-state index in [1.807, 2.05) is 30.9 Å². The Balaban J connectivity index is 2.75. The monoisotopic (exact) mass is 153 g/mol. The Morgan fingerprint density at radius 2 is 2.40 bits per heavy atom. The van der Waals surface area contributed by atoms with Crippen molar-refractivity contribution in [2.45, 2.75) is 18.7 Å². The number of hydrogen-bond acceptors (Lipinski definition) is 2. The van der Waals surface area contributed by atoms with Crippen LogP contribution in [-0.2, 0) is 0 Å². The maximum Gasteiger partial charge on any atom is 0.0383 e. The topological polar surface area (TPSA) is 12.9 Å². The third-order valence-electron chi connectivity index (χ3n) is 1.18. The largest absolute Gasteiger partial charge is 0.262 e. The molecular weight excluding hydrogens is 142 g/mol. The van der Waals surface area contributed by atoms with E-state index < -0.39 is 0 Å². The summed E-state index contributed by atoms with van der Waals surface area (Å²) in [6, 6.07) is 4.15. The molecule has 0 N–H and O–H groups in total. The van der Waals surface area contributed by atoms with Crippen LogP contribution in [0.3, 0.4) is 0 Å². The molecule has 1 nitrogen and oxygen atoms in total. The highest BCUT2D eigenvalue weighted by atomic mass is 32.2. The zero-order chi connectivity index (χ0) is 7.40. The molecule has 0 aliphatic carbocycles. The van der Waals surface area contributed by atoms with Gasteiger partial charge in [-0.2, -0.15) is 0 Å². The van der Waals surface area contributed by atoms with Crippen LogP contribution in [0.1, 0.15) is 12.6 Å². The molecule has 0 atom stereocenters. The predicted octanol–water partition coefficient (Wildman–Crippen LogP) is 2.50. The van der Waals surface area contributed by atoms with Crippen molar-refractivity contribution in [1.29, 1.82) is 0 Å². The summed E-state index contributed by atoms with van der Waals surface area (Å²) in [5.41, 5.74) is 1.10. The van der Waals surface area contributed by atoms with Crippen LogP contribution in [0, 0.1) is 6.92 Å². The lowest BCUT2D eigenvalue weighted by Crippen LogP contribution is -1.79. The zero-order valence-corrected chi connectivity index (χ0v) is 7.11. The molecule has 0 amide bonds. The molecule has 0 aliphatic rings. The minimum absolute atomic E-state index is 1.10. The molecule has 0 aliphatic heterocycles. The highest BCUT2D eigenvalue weighted by Crippen LogP contribution is 2.16. The summed E-state index contributed by atoms with van der Waals surface area (Å²) < 4.78 is 0. The van der Waals surface area contributed by atoms with Crippen molar-refractivity contribution in [2.24, 2.45) is 0 Å². The van der Waals surface area contributed by atoms with Crippen molar-refractivity contribution in [3.05, 3.63) is 24.0 Å². The van der Waals surface area contributed by atoms with Gasteiger partial charge in [0.05, 0.1) is 0 Å². The van der Waals surface area contributed by atoms with E-state index >= 15 is 0 Å². The average Bonchev–Trinajstić information content (AvgIpc) is 1.88. The Kier molecular flexibility index (Phi) is 2.75. The van der Waals surface area contributed by atoms with Gasteiger partial charge in [0.15, 0.2) is 0 Å². The molecule has 0 unspecified atom stereocenters. The van der Waals surface area contributed by atoms with Crippen LogP contribution in [0.25, 0.3) is 0 Å². The summed E-state index contributed by atoms with van der Waals surface area (Å²) in [6.07, 6.45) is 1.85. The molecule has 54 valence electrons. The zero-order valence-electron chi connectivity index (χ0n) is 6.29. The lowest BCUT2D eigenvalue weighted by molar-refractivity contribution is 1.16. The van der Waals surface area contributed by atoms with Gasteiger partial charge in [-0.15, -0.1) is 11.8 Å². The maximum absolute atomic E-state index is 4.11. The standard InChI is InChI=1S/C8H11NS/c1-3-10-8-4-5-9-7(2)6-8/h4-6H,3H2,1-2H3. The maximum atomic E-state index is 4.11.